The first-order valence-electron chi connectivity index (χ1n) is 6.82. The summed E-state index contributed by atoms with van der Waals surface area (Å²) in [4.78, 5) is 14.9. The number of aryl methyl sites for hydroxylation is 2. The Morgan fingerprint density at radius 2 is 2.00 bits per heavy atom. The zero-order valence-corrected chi connectivity index (χ0v) is 12.6. The number of fused-ring (bicyclic) bond motifs is 3. The second kappa shape index (κ2) is 5.71. The predicted octanol–water partition coefficient (Wildman–Crippen LogP) is 4.01. The van der Waals surface area contributed by atoms with E-state index in [9.17, 15) is 4.79 Å². The summed E-state index contributed by atoms with van der Waals surface area (Å²) in [6, 6.07) is 7.45. The van der Waals surface area contributed by atoms with E-state index in [0.717, 1.165) is 30.6 Å². The van der Waals surface area contributed by atoms with Crippen LogP contribution in [0.5, 0.6) is 0 Å². The third-order valence-electron chi connectivity index (χ3n) is 3.72. The van der Waals surface area contributed by atoms with Crippen molar-refractivity contribution < 1.29 is 0 Å². The van der Waals surface area contributed by atoms with Crippen LogP contribution < -0.4 is 5.43 Å². The van der Waals surface area contributed by atoms with Crippen LogP contribution in [0, 0.1) is 6.92 Å². The number of aromatic amines is 1. The highest BCUT2D eigenvalue weighted by Crippen LogP contribution is 2.29. The van der Waals surface area contributed by atoms with Crippen molar-refractivity contribution in [2.45, 2.75) is 33.2 Å². The van der Waals surface area contributed by atoms with Crippen molar-refractivity contribution in [3.05, 3.63) is 46.4 Å². The number of unbranched alkanes of at least 4 members (excludes halogenated alkanes) is 1. The zero-order valence-electron chi connectivity index (χ0n) is 11.8. The van der Waals surface area contributed by atoms with Gasteiger partial charge >= 0.3 is 0 Å². The van der Waals surface area contributed by atoms with Crippen molar-refractivity contribution in [3.63, 3.8) is 0 Å². The highest BCUT2D eigenvalue weighted by molar-refractivity contribution is 6.08. The van der Waals surface area contributed by atoms with Gasteiger partial charge in [0, 0.05) is 35.3 Å². The number of pyridine rings is 1. The lowest BCUT2D eigenvalue weighted by molar-refractivity contribution is 0.663. The Bertz CT molecular complexity index is 801. The molecule has 0 aliphatic carbocycles. The fourth-order valence-electron chi connectivity index (χ4n) is 2.80. The lowest BCUT2D eigenvalue weighted by atomic mass is 10.2. The van der Waals surface area contributed by atoms with Crippen LogP contribution in [-0.2, 0) is 6.54 Å². The molecule has 3 rings (SSSR count). The van der Waals surface area contributed by atoms with E-state index in [1.165, 1.54) is 16.3 Å². The third kappa shape index (κ3) is 2.22. The molecule has 0 atom stereocenters. The maximum Gasteiger partial charge on any atom is 0.180 e. The monoisotopic (exact) mass is 290 g/mol. The van der Waals surface area contributed by atoms with Crippen molar-refractivity contribution in [1.82, 2.24) is 9.55 Å². The van der Waals surface area contributed by atoms with Gasteiger partial charge in [-0.3, -0.25) is 4.79 Å². The van der Waals surface area contributed by atoms with Gasteiger partial charge in [-0.15, -0.1) is 12.4 Å². The van der Waals surface area contributed by atoms with E-state index in [0.29, 0.717) is 0 Å². The van der Waals surface area contributed by atoms with Crippen molar-refractivity contribution in [2.24, 2.45) is 0 Å². The zero-order chi connectivity index (χ0) is 13.4. The van der Waals surface area contributed by atoms with Crippen LogP contribution in [0.2, 0.25) is 0 Å². The Labute approximate surface area is 124 Å². The van der Waals surface area contributed by atoms with Crippen molar-refractivity contribution in [1.29, 1.82) is 0 Å². The largest absolute Gasteiger partial charge is 0.364 e. The minimum atomic E-state index is 0. The van der Waals surface area contributed by atoms with Crippen LogP contribution in [0.4, 0.5) is 0 Å². The number of benzene rings is 1. The second-order valence-corrected chi connectivity index (χ2v) is 5.05. The van der Waals surface area contributed by atoms with Gasteiger partial charge in [0.1, 0.15) is 0 Å². The fourth-order valence-corrected chi connectivity index (χ4v) is 2.80. The molecule has 2 aromatic heterocycles. The SMILES string of the molecule is CCCCn1c2cc(=O)ccc2c2cc[nH]c(C)c21.Cl. The first-order valence-corrected chi connectivity index (χ1v) is 6.82. The Hall–Kier alpha value is -1.74. The van der Waals surface area contributed by atoms with Crippen molar-refractivity contribution in [3.8, 4) is 0 Å². The average Bonchev–Trinajstić information content (AvgIpc) is 2.71. The van der Waals surface area contributed by atoms with Gasteiger partial charge in [-0.25, -0.2) is 0 Å². The minimum absolute atomic E-state index is 0. The summed E-state index contributed by atoms with van der Waals surface area (Å²) in [6.07, 6.45) is 4.23. The molecular formula is C16H19ClN2O. The number of aromatic nitrogens is 2. The number of nitrogens with one attached hydrogen (secondary N) is 1. The van der Waals surface area contributed by atoms with Gasteiger partial charge in [-0.1, -0.05) is 13.3 Å². The normalized spacial score (nSPS) is 10.9. The quantitative estimate of drug-likeness (QED) is 0.777. The van der Waals surface area contributed by atoms with Crippen LogP contribution in [-0.4, -0.2) is 9.55 Å². The summed E-state index contributed by atoms with van der Waals surface area (Å²) >= 11 is 0. The smallest absolute Gasteiger partial charge is 0.180 e. The average molecular weight is 291 g/mol. The summed E-state index contributed by atoms with van der Waals surface area (Å²) in [5.41, 5.74) is 3.50. The van der Waals surface area contributed by atoms with Gasteiger partial charge in [0.2, 0.25) is 0 Å². The van der Waals surface area contributed by atoms with Crippen molar-refractivity contribution >= 4 is 34.2 Å². The van der Waals surface area contributed by atoms with Crippen molar-refractivity contribution in [2.75, 3.05) is 0 Å². The molecule has 1 aromatic carbocycles. The summed E-state index contributed by atoms with van der Waals surface area (Å²) in [5, 5.41) is 2.39. The Balaban J connectivity index is 0.00000147. The van der Waals surface area contributed by atoms with Gasteiger partial charge < -0.3 is 9.55 Å². The topological polar surface area (TPSA) is 37.8 Å². The number of H-pyrrole nitrogens is 1. The predicted molar refractivity (Wildman–Crippen MR) is 87.0 cm³/mol. The summed E-state index contributed by atoms with van der Waals surface area (Å²) in [6.45, 7) is 5.23. The van der Waals surface area contributed by atoms with Crippen LogP contribution in [0.15, 0.2) is 35.3 Å². The molecule has 0 aliphatic heterocycles. The molecule has 106 valence electrons. The number of halogens is 1. The maximum absolute atomic E-state index is 11.7. The van der Waals surface area contributed by atoms with Gasteiger partial charge in [0.05, 0.1) is 11.0 Å². The molecule has 0 unspecified atom stereocenters. The fraction of sp³-hybridized carbons (Fsp3) is 0.312. The number of rotatable bonds is 3. The molecule has 0 aliphatic rings. The second-order valence-electron chi connectivity index (χ2n) is 5.05. The molecule has 0 radical (unpaired) electrons. The van der Waals surface area contributed by atoms with Gasteiger partial charge in [0.25, 0.3) is 0 Å². The summed E-state index contributed by atoms with van der Waals surface area (Å²) in [7, 11) is 0. The molecule has 0 saturated heterocycles. The lowest BCUT2D eigenvalue weighted by Gasteiger charge is -2.07. The molecule has 2 heterocycles. The van der Waals surface area contributed by atoms with E-state index in [4.69, 9.17) is 0 Å². The highest BCUT2D eigenvalue weighted by Gasteiger charge is 2.12. The summed E-state index contributed by atoms with van der Waals surface area (Å²) in [5.74, 6) is 0. The van der Waals surface area contributed by atoms with Crippen LogP contribution in [0.1, 0.15) is 25.5 Å². The van der Waals surface area contributed by atoms with Crippen LogP contribution >= 0.6 is 12.4 Å². The lowest BCUT2D eigenvalue weighted by Crippen LogP contribution is -2.02. The van der Waals surface area contributed by atoms with Gasteiger partial charge in [0.15, 0.2) is 5.43 Å². The molecule has 0 spiro atoms. The minimum Gasteiger partial charge on any atom is -0.364 e. The maximum atomic E-state index is 11.7. The van der Waals surface area contributed by atoms with Crippen LogP contribution in [0.25, 0.3) is 21.8 Å². The van der Waals surface area contributed by atoms with E-state index in [1.54, 1.807) is 12.1 Å². The molecule has 3 aromatic rings. The molecule has 4 heteroatoms. The first-order chi connectivity index (χ1) is 9.22. The highest BCUT2D eigenvalue weighted by atomic mass is 35.5. The van der Waals surface area contributed by atoms with Gasteiger partial charge in [-0.05, 0) is 31.5 Å². The molecule has 0 bridgehead atoms. The number of hydrogen-bond acceptors (Lipinski definition) is 1. The molecular weight excluding hydrogens is 272 g/mol. The van der Waals surface area contributed by atoms with E-state index < -0.39 is 0 Å². The Morgan fingerprint density at radius 3 is 2.75 bits per heavy atom. The molecule has 0 amide bonds. The van der Waals surface area contributed by atoms with Crippen LogP contribution in [0.3, 0.4) is 0 Å². The van der Waals surface area contributed by atoms with Gasteiger partial charge in [-0.2, -0.15) is 0 Å². The molecule has 3 nitrogen and oxygen atoms in total. The van der Waals surface area contributed by atoms with E-state index >= 15 is 0 Å². The Kier molecular flexibility index (Phi) is 4.19. The Morgan fingerprint density at radius 1 is 1.20 bits per heavy atom. The summed E-state index contributed by atoms with van der Waals surface area (Å²) < 4.78 is 2.28. The van der Waals surface area contributed by atoms with E-state index in [1.807, 2.05) is 12.3 Å². The van der Waals surface area contributed by atoms with E-state index in [-0.39, 0.29) is 17.8 Å². The number of nitrogens with zero attached hydrogens (tertiary/aromatic N) is 1. The third-order valence-corrected chi connectivity index (χ3v) is 3.72. The van der Waals surface area contributed by atoms with E-state index in [2.05, 4.69) is 29.5 Å². The molecule has 0 saturated carbocycles. The molecule has 20 heavy (non-hydrogen) atoms. The number of hydrogen-bond donors (Lipinski definition) is 1. The molecule has 1 N–H and O–H groups in total. The first kappa shape index (κ1) is 14.7. The molecule has 0 fully saturated rings. The standard InChI is InChI=1S/C16H18N2O.ClH/c1-3-4-9-18-15-10-12(19)5-6-13(15)14-7-8-17-11(2)16(14)18;/h5-8,10,17H,3-4,9H2,1-2H3;1H.